The van der Waals surface area contributed by atoms with Crippen molar-refractivity contribution >= 4 is 5.69 Å². The molecule has 0 amide bonds. The number of hydrogen-bond donors (Lipinski definition) is 1. The monoisotopic (exact) mass is 148 g/mol. The van der Waals surface area contributed by atoms with E-state index in [4.69, 9.17) is 4.84 Å². The standard InChI is InChI=1S/C8H8N2O/c1-2-4-8(5-3-1)10-9-6-7-11-10/h1-7,9H. The van der Waals surface area contributed by atoms with Crippen molar-refractivity contribution in [3.63, 3.8) is 0 Å². The summed E-state index contributed by atoms with van der Waals surface area (Å²) in [6.45, 7) is 0. The maximum Gasteiger partial charge on any atom is 0.139 e. The van der Waals surface area contributed by atoms with E-state index in [1.165, 1.54) is 0 Å². The predicted octanol–water partition coefficient (Wildman–Crippen LogP) is 1.41. The minimum absolute atomic E-state index is 0.984. The highest BCUT2D eigenvalue weighted by atomic mass is 16.7. The van der Waals surface area contributed by atoms with Crippen LogP contribution in [0.5, 0.6) is 0 Å². The summed E-state index contributed by atoms with van der Waals surface area (Å²) in [5.74, 6) is 0. The Hall–Kier alpha value is -1.64. The fourth-order valence-corrected chi connectivity index (χ4v) is 0.919. The molecule has 2 rings (SSSR count). The minimum Gasteiger partial charge on any atom is -0.366 e. The molecule has 3 heteroatoms. The summed E-state index contributed by atoms with van der Waals surface area (Å²) in [4.78, 5) is 5.08. The Morgan fingerprint density at radius 3 is 2.64 bits per heavy atom. The largest absolute Gasteiger partial charge is 0.366 e. The van der Waals surface area contributed by atoms with Gasteiger partial charge in [-0.1, -0.05) is 18.2 Å². The minimum atomic E-state index is 0.984. The van der Waals surface area contributed by atoms with Crippen LogP contribution >= 0.6 is 0 Å². The number of benzene rings is 1. The topological polar surface area (TPSA) is 24.5 Å². The summed E-state index contributed by atoms with van der Waals surface area (Å²) in [5, 5.41) is 1.58. The van der Waals surface area contributed by atoms with Gasteiger partial charge in [0.25, 0.3) is 0 Å². The van der Waals surface area contributed by atoms with E-state index in [1.54, 1.807) is 17.6 Å². The van der Waals surface area contributed by atoms with Crippen molar-refractivity contribution in [3.8, 4) is 0 Å². The Balaban J connectivity index is 2.17. The number of hydrazine groups is 1. The fourth-order valence-electron chi connectivity index (χ4n) is 0.919. The van der Waals surface area contributed by atoms with Gasteiger partial charge in [-0.25, -0.2) is 0 Å². The van der Waals surface area contributed by atoms with Gasteiger partial charge in [0.15, 0.2) is 0 Å². The van der Waals surface area contributed by atoms with Gasteiger partial charge in [-0.05, 0) is 12.1 Å². The lowest BCUT2D eigenvalue weighted by Gasteiger charge is -2.15. The van der Waals surface area contributed by atoms with Gasteiger partial charge in [-0.3, -0.25) is 5.43 Å². The average Bonchev–Trinajstić information content (AvgIpc) is 2.58. The molecule has 1 N–H and O–H groups in total. The van der Waals surface area contributed by atoms with E-state index in [1.807, 2.05) is 30.3 Å². The van der Waals surface area contributed by atoms with Gasteiger partial charge in [0.05, 0.1) is 11.9 Å². The van der Waals surface area contributed by atoms with Crippen LogP contribution in [0.2, 0.25) is 0 Å². The molecule has 1 aromatic carbocycles. The molecule has 0 aromatic heterocycles. The molecule has 0 saturated heterocycles. The normalized spacial score (nSPS) is 14.4. The molecule has 0 spiro atoms. The summed E-state index contributed by atoms with van der Waals surface area (Å²) >= 11 is 0. The molecule has 1 heterocycles. The highest BCUT2D eigenvalue weighted by molar-refractivity contribution is 5.43. The third-order valence-electron chi connectivity index (χ3n) is 1.42. The Morgan fingerprint density at radius 2 is 2.00 bits per heavy atom. The number of para-hydroxylation sites is 1. The van der Waals surface area contributed by atoms with Crippen molar-refractivity contribution in [1.29, 1.82) is 0 Å². The van der Waals surface area contributed by atoms with E-state index in [2.05, 4.69) is 5.43 Å². The molecule has 56 valence electrons. The maximum absolute atomic E-state index is 5.08. The van der Waals surface area contributed by atoms with Crippen molar-refractivity contribution < 1.29 is 4.84 Å². The first-order valence-corrected chi connectivity index (χ1v) is 3.40. The highest BCUT2D eigenvalue weighted by Crippen LogP contribution is 2.13. The van der Waals surface area contributed by atoms with Crippen LogP contribution in [0.3, 0.4) is 0 Å². The van der Waals surface area contributed by atoms with Crippen molar-refractivity contribution in [2.75, 3.05) is 5.17 Å². The van der Waals surface area contributed by atoms with Gasteiger partial charge in [-0.2, -0.15) is 0 Å². The fraction of sp³-hybridized carbons (Fsp3) is 0. The highest BCUT2D eigenvalue weighted by Gasteiger charge is 2.05. The van der Waals surface area contributed by atoms with Crippen LogP contribution in [0.25, 0.3) is 0 Å². The lowest BCUT2D eigenvalue weighted by atomic mass is 10.3. The number of hydrogen-bond acceptors (Lipinski definition) is 3. The third-order valence-corrected chi connectivity index (χ3v) is 1.42. The smallest absolute Gasteiger partial charge is 0.139 e. The lowest BCUT2D eigenvalue weighted by molar-refractivity contribution is 0.221. The zero-order chi connectivity index (χ0) is 7.52. The molecule has 0 fully saturated rings. The first kappa shape index (κ1) is 6.09. The van der Waals surface area contributed by atoms with E-state index in [0.29, 0.717) is 0 Å². The van der Waals surface area contributed by atoms with Crippen LogP contribution in [0, 0.1) is 0 Å². The summed E-state index contributed by atoms with van der Waals surface area (Å²) in [7, 11) is 0. The molecule has 0 unspecified atom stereocenters. The van der Waals surface area contributed by atoms with Gasteiger partial charge in [0, 0.05) is 0 Å². The zero-order valence-electron chi connectivity index (χ0n) is 5.90. The Labute approximate surface area is 64.8 Å². The number of rotatable bonds is 1. The molecule has 1 aliphatic heterocycles. The number of nitrogens with one attached hydrogen (secondary N) is 1. The second kappa shape index (κ2) is 2.54. The molecule has 0 radical (unpaired) electrons. The van der Waals surface area contributed by atoms with E-state index < -0.39 is 0 Å². The molecular formula is C8H8N2O. The molecule has 0 aliphatic carbocycles. The first-order chi connectivity index (χ1) is 5.47. The van der Waals surface area contributed by atoms with Gasteiger partial charge < -0.3 is 4.84 Å². The molecule has 11 heavy (non-hydrogen) atoms. The SMILES string of the molecule is C1=CON(c2ccccc2)N1. The van der Waals surface area contributed by atoms with Crippen molar-refractivity contribution in [1.82, 2.24) is 5.43 Å². The quantitative estimate of drug-likeness (QED) is 0.651. The van der Waals surface area contributed by atoms with E-state index in [9.17, 15) is 0 Å². The van der Waals surface area contributed by atoms with Gasteiger partial charge in [0.2, 0.25) is 0 Å². The molecular weight excluding hydrogens is 140 g/mol. The van der Waals surface area contributed by atoms with Crippen molar-refractivity contribution in [3.05, 3.63) is 42.8 Å². The first-order valence-electron chi connectivity index (χ1n) is 3.40. The number of anilines is 1. The lowest BCUT2D eigenvalue weighted by Crippen LogP contribution is -2.27. The van der Waals surface area contributed by atoms with Gasteiger partial charge >= 0.3 is 0 Å². The Morgan fingerprint density at radius 1 is 1.18 bits per heavy atom. The van der Waals surface area contributed by atoms with Crippen LogP contribution in [0.15, 0.2) is 42.8 Å². The van der Waals surface area contributed by atoms with Crippen molar-refractivity contribution in [2.45, 2.75) is 0 Å². The number of nitrogens with zero attached hydrogens (tertiary/aromatic N) is 1. The van der Waals surface area contributed by atoms with E-state index in [-0.39, 0.29) is 0 Å². The summed E-state index contributed by atoms with van der Waals surface area (Å²) in [6.07, 6.45) is 3.32. The molecule has 1 aromatic rings. The summed E-state index contributed by atoms with van der Waals surface area (Å²) < 4.78 is 0. The van der Waals surface area contributed by atoms with Crippen LogP contribution < -0.4 is 10.6 Å². The molecule has 3 nitrogen and oxygen atoms in total. The molecule has 1 aliphatic rings. The van der Waals surface area contributed by atoms with Crippen LogP contribution in [0.4, 0.5) is 5.69 Å². The predicted molar refractivity (Wildman–Crippen MR) is 42.3 cm³/mol. The van der Waals surface area contributed by atoms with E-state index in [0.717, 1.165) is 5.69 Å². The van der Waals surface area contributed by atoms with Gasteiger partial charge in [0.1, 0.15) is 6.26 Å². The molecule has 0 atom stereocenters. The Bertz CT molecular complexity index is 250. The van der Waals surface area contributed by atoms with Crippen LogP contribution in [0.1, 0.15) is 0 Å². The van der Waals surface area contributed by atoms with Crippen molar-refractivity contribution in [2.24, 2.45) is 0 Å². The second-order valence-electron chi connectivity index (χ2n) is 2.17. The van der Waals surface area contributed by atoms with Gasteiger partial charge in [-0.15, -0.1) is 5.17 Å². The Kier molecular flexibility index (Phi) is 1.41. The van der Waals surface area contributed by atoms with E-state index >= 15 is 0 Å². The molecule has 0 saturated carbocycles. The van der Waals surface area contributed by atoms with Crippen LogP contribution in [-0.4, -0.2) is 0 Å². The maximum atomic E-state index is 5.08. The zero-order valence-corrected chi connectivity index (χ0v) is 5.90. The second-order valence-corrected chi connectivity index (χ2v) is 2.17. The summed E-state index contributed by atoms with van der Waals surface area (Å²) in [5.41, 5.74) is 3.89. The summed E-state index contributed by atoms with van der Waals surface area (Å²) in [6, 6.07) is 9.80. The van der Waals surface area contributed by atoms with Crippen LogP contribution in [-0.2, 0) is 4.84 Å². The molecule has 0 bridgehead atoms. The third kappa shape index (κ3) is 1.12. The average molecular weight is 148 g/mol.